The van der Waals surface area contributed by atoms with Crippen molar-refractivity contribution >= 4 is 108 Å². The highest BCUT2D eigenvalue weighted by atomic mass is 32.1. The molecule has 0 aliphatic heterocycles. The van der Waals surface area contributed by atoms with Gasteiger partial charge in [0.1, 0.15) is 0 Å². The monoisotopic (exact) mass is 960 g/mol. The van der Waals surface area contributed by atoms with Gasteiger partial charge >= 0.3 is 0 Å². The van der Waals surface area contributed by atoms with Gasteiger partial charge in [0.05, 0.1) is 16.7 Å². The molecular formula is C71H48N2S. The van der Waals surface area contributed by atoms with Crippen molar-refractivity contribution < 1.29 is 0 Å². The average molecular weight is 961 g/mol. The highest BCUT2D eigenvalue weighted by Gasteiger charge is 2.20. The lowest BCUT2D eigenvalue weighted by atomic mass is 9.94. The molecule has 0 saturated carbocycles. The smallest absolute Gasteiger partial charge is 0.0541 e. The Morgan fingerprint density at radius 3 is 1.62 bits per heavy atom. The Bertz CT molecular complexity index is 4580. The molecule has 0 spiro atoms. The third-order valence-corrected chi connectivity index (χ3v) is 16.3. The molecule has 0 radical (unpaired) electrons. The second-order valence-corrected chi connectivity index (χ2v) is 20.2. The summed E-state index contributed by atoms with van der Waals surface area (Å²) in [6.45, 7) is 6.15. The summed E-state index contributed by atoms with van der Waals surface area (Å²) in [6.07, 6.45) is 8.18. The van der Waals surface area contributed by atoms with E-state index in [1.54, 1.807) is 0 Å². The van der Waals surface area contributed by atoms with Crippen molar-refractivity contribution in [2.45, 2.75) is 6.92 Å². The average Bonchev–Trinajstić information content (AvgIpc) is 4.01. The second kappa shape index (κ2) is 17.8. The van der Waals surface area contributed by atoms with Gasteiger partial charge in [0.15, 0.2) is 0 Å². The topological polar surface area (TPSA) is 8.17 Å². The Morgan fingerprint density at radius 2 is 0.959 bits per heavy atom. The molecule has 0 amide bonds. The number of nitrogens with zero attached hydrogens (tertiary/aromatic N) is 2. The van der Waals surface area contributed by atoms with E-state index in [0.29, 0.717) is 0 Å². The van der Waals surface area contributed by atoms with Crippen LogP contribution in [0.2, 0.25) is 0 Å². The number of rotatable bonds is 9. The zero-order valence-electron chi connectivity index (χ0n) is 40.8. The molecule has 0 saturated heterocycles. The van der Waals surface area contributed by atoms with E-state index in [1.165, 1.54) is 107 Å². The summed E-state index contributed by atoms with van der Waals surface area (Å²) in [5, 5.41) is 15.1. The van der Waals surface area contributed by atoms with Gasteiger partial charge < -0.3 is 9.47 Å². The van der Waals surface area contributed by atoms with Gasteiger partial charge in [-0.05, 0) is 151 Å². The van der Waals surface area contributed by atoms with Crippen LogP contribution in [-0.2, 0) is 0 Å². The number of hydrogen-bond donors (Lipinski definition) is 0. The van der Waals surface area contributed by atoms with E-state index in [1.807, 2.05) is 17.4 Å². The Morgan fingerprint density at radius 1 is 0.432 bits per heavy atom. The molecule has 0 bridgehead atoms. The van der Waals surface area contributed by atoms with Crippen LogP contribution in [0.15, 0.2) is 273 Å². The third-order valence-electron chi connectivity index (χ3n) is 15.0. The van der Waals surface area contributed by atoms with E-state index in [4.69, 9.17) is 0 Å². The number of aromatic nitrogens is 1. The van der Waals surface area contributed by atoms with Crippen LogP contribution in [-0.4, -0.2) is 4.57 Å². The molecule has 2 nitrogen and oxygen atoms in total. The van der Waals surface area contributed by atoms with Gasteiger partial charge in [-0.1, -0.05) is 195 Å². The van der Waals surface area contributed by atoms with Gasteiger partial charge in [-0.3, -0.25) is 0 Å². The van der Waals surface area contributed by atoms with Crippen LogP contribution in [0.3, 0.4) is 0 Å². The highest BCUT2D eigenvalue weighted by molar-refractivity contribution is 7.26. The summed E-state index contributed by atoms with van der Waals surface area (Å²) in [5.74, 6) is 0. The predicted octanol–water partition coefficient (Wildman–Crippen LogP) is 20.5. The fraction of sp³-hybridized carbons (Fsp3) is 0.0141. The van der Waals surface area contributed by atoms with Crippen molar-refractivity contribution in [1.29, 1.82) is 0 Å². The summed E-state index contributed by atoms with van der Waals surface area (Å²) < 4.78 is 5.13. The summed E-state index contributed by atoms with van der Waals surface area (Å²) >= 11 is 1.88. The van der Waals surface area contributed by atoms with Gasteiger partial charge in [-0.25, -0.2) is 0 Å². The Labute approximate surface area is 433 Å². The Balaban J connectivity index is 0.919. The van der Waals surface area contributed by atoms with Crippen LogP contribution >= 0.6 is 11.3 Å². The molecule has 0 aliphatic carbocycles. The predicted molar refractivity (Wildman–Crippen MR) is 322 cm³/mol. The van der Waals surface area contributed by atoms with E-state index >= 15 is 0 Å². The minimum Gasteiger partial charge on any atom is -0.310 e. The number of thiophene rings is 1. The standard InChI is InChI=1S/C71H48N2S/c1-3-15-52(16-4-2)72(67-27-13-18-48-17-5-6-19-55(48)67)53-37-33-47(34-38-53)51-36-42-69-66(44-51)65-43-50(46-29-31-49(32-30-46)56-25-14-26-63-62-24-11-12-28-70(62)74-71(56)63)35-41-68(65)73(69)54-39-40-61-59-22-8-7-20-57(59)58-21-9-10-23-60(58)64(61)45-54/h3-45H,1H2,2H3/b16-4-,52-15+. The first kappa shape index (κ1) is 43.5. The molecule has 0 atom stereocenters. The van der Waals surface area contributed by atoms with Crippen LogP contribution in [0.25, 0.3) is 124 Å². The minimum atomic E-state index is 1.04. The second-order valence-electron chi connectivity index (χ2n) is 19.2. The molecule has 0 fully saturated rings. The summed E-state index contributed by atoms with van der Waals surface area (Å²) in [7, 11) is 0. The molecule has 14 aromatic rings. The lowest BCUT2D eigenvalue weighted by Gasteiger charge is -2.28. The molecule has 12 aromatic carbocycles. The van der Waals surface area contributed by atoms with Crippen LogP contribution in [0.5, 0.6) is 0 Å². The third kappa shape index (κ3) is 7.08. The Kier molecular flexibility index (Phi) is 10.5. The molecule has 74 heavy (non-hydrogen) atoms. The first-order valence-corrected chi connectivity index (χ1v) is 26.2. The maximum Gasteiger partial charge on any atom is 0.0541 e. The molecule has 2 aromatic heterocycles. The van der Waals surface area contributed by atoms with Gasteiger partial charge in [0, 0.05) is 53.4 Å². The molecule has 0 aliphatic rings. The van der Waals surface area contributed by atoms with Gasteiger partial charge in [0.25, 0.3) is 0 Å². The maximum absolute atomic E-state index is 4.09. The number of hydrogen-bond acceptors (Lipinski definition) is 2. The van der Waals surface area contributed by atoms with Crippen LogP contribution < -0.4 is 4.90 Å². The van der Waals surface area contributed by atoms with Crippen LogP contribution in [0, 0.1) is 0 Å². The zero-order valence-corrected chi connectivity index (χ0v) is 41.7. The molecule has 3 heteroatoms. The van der Waals surface area contributed by atoms with E-state index < -0.39 is 0 Å². The van der Waals surface area contributed by atoms with E-state index in [2.05, 4.69) is 278 Å². The fourth-order valence-corrected chi connectivity index (χ4v) is 12.9. The van der Waals surface area contributed by atoms with E-state index in [0.717, 1.165) is 33.9 Å². The van der Waals surface area contributed by atoms with E-state index in [-0.39, 0.29) is 0 Å². The molecule has 14 rings (SSSR count). The van der Waals surface area contributed by atoms with Crippen molar-refractivity contribution in [2.24, 2.45) is 0 Å². The molecule has 348 valence electrons. The quantitative estimate of drug-likeness (QED) is 0.103. The van der Waals surface area contributed by atoms with Gasteiger partial charge in [0.2, 0.25) is 0 Å². The molecule has 2 heterocycles. The molecular weight excluding hydrogens is 913 g/mol. The van der Waals surface area contributed by atoms with Crippen LogP contribution in [0.1, 0.15) is 6.92 Å². The zero-order chi connectivity index (χ0) is 49.3. The van der Waals surface area contributed by atoms with Crippen molar-refractivity contribution in [3.8, 4) is 39.1 Å². The minimum absolute atomic E-state index is 1.04. The van der Waals surface area contributed by atoms with Crippen molar-refractivity contribution in [3.63, 3.8) is 0 Å². The first-order chi connectivity index (χ1) is 36.6. The SMILES string of the molecule is C=C/C=C(\C=C/C)N(c1ccc(-c2ccc3c(c2)c2cc(-c4ccc(-c5cccc6c5sc5ccccc56)cc4)ccc2n3-c2ccc3c4ccccc4c4ccccc4c3c2)cc1)c1cccc2ccccc12. The van der Waals surface area contributed by atoms with Gasteiger partial charge in [-0.2, -0.15) is 0 Å². The maximum atomic E-state index is 4.09. The lowest BCUT2D eigenvalue weighted by molar-refractivity contribution is 1.19. The normalized spacial score (nSPS) is 12.2. The number of fused-ring (bicyclic) bond motifs is 13. The van der Waals surface area contributed by atoms with Crippen molar-refractivity contribution in [1.82, 2.24) is 4.57 Å². The fourth-order valence-electron chi connectivity index (χ4n) is 11.6. The van der Waals surface area contributed by atoms with Crippen LogP contribution in [0.4, 0.5) is 11.4 Å². The highest BCUT2D eigenvalue weighted by Crippen LogP contribution is 2.44. The number of allylic oxidation sites excluding steroid dienone is 4. The van der Waals surface area contributed by atoms with E-state index in [9.17, 15) is 0 Å². The summed E-state index contributed by atoms with van der Waals surface area (Å²) in [5.41, 5.74) is 13.9. The summed E-state index contributed by atoms with van der Waals surface area (Å²) in [6, 6.07) is 87.5. The molecule has 0 N–H and O–H groups in total. The lowest BCUT2D eigenvalue weighted by Crippen LogP contribution is -2.15. The van der Waals surface area contributed by atoms with Crippen molar-refractivity contribution in [2.75, 3.05) is 4.90 Å². The Hall–Kier alpha value is -9.28. The number of benzene rings is 12. The van der Waals surface area contributed by atoms with Crippen molar-refractivity contribution in [3.05, 3.63) is 273 Å². The first-order valence-electron chi connectivity index (χ1n) is 25.4. The van der Waals surface area contributed by atoms with Gasteiger partial charge in [-0.15, -0.1) is 11.3 Å². The largest absolute Gasteiger partial charge is 0.310 e. The molecule has 0 unspecified atom stereocenters. The summed E-state index contributed by atoms with van der Waals surface area (Å²) in [4.78, 5) is 2.33. The number of anilines is 2.